The molecule has 2 aromatic heterocycles. The van der Waals surface area contributed by atoms with Crippen molar-refractivity contribution in [2.75, 3.05) is 24.7 Å². The molecule has 0 unspecified atom stereocenters. The number of carbonyl (C=O) groups is 4. The number of ether oxygens (including phenoxy) is 4. The van der Waals surface area contributed by atoms with Gasteiger partial charge >= 0.3 is 23.9 Å². The number of furan rings is 2. The summed E-state index contributed by atoms with van der Waals surface area (Å²) in [6.45, 7) is 7.15. The highest BCUT2D eigenvalue weighted by molar-refractivity contribution is 8.00. The van der Waals surface area contributed by atoms with Crippen LogP contribution in [0, 0.1) is 13.8 Å². The number of benzene rings is 2. The standard InChI is InChI=1S/C28H26O10S/c1-5-33-27(31)25-15(3)35-21-9-7-17(11-19(21)25)37-23(29)13-39-14-24(30)38-18-8-10-22-20(12-18)26(16(4)36-22)28(32)34-6-2/h7-12H,5-6,13-14H2,1-4H3. The van der Waals surface area contributed by atoms with Gasteiger partial charge in [-0.15, -0.1) is 11.8 Å². The predicted molar refractivity (Wildman–Crippen MR) is 142 cm³/mol. The SMILES string of the molecule is CCOC(=O)c1c(C)oc2ccc(OC(=O)CSCC(=O)Oc3ccc4oc(C)c(C(=O)OCC)c4c3)cc12. The van der Waals surface area contributed by atoms with Crippen LogP contribution in [0.3, 0.4) is 0 Å². The van der Waals surface area contributed by atoms with Crippen molar-refractivity contribution in [1.82, 2.24) is 0 Å². The Kier molecular flexibility index (Phi) is 8.60. The van der Waals surface area contributed by atoms with Gasteiger partial charge in [-0.2, -0.15) is 0 Å². The van der Waals surface area contributed by atoms with Crippen LogP contribution in [-0.4, -0.2) is 48.6 Å². The van der Waals surface area contributed by atoms with E-state index in [1.165, 1.54) is 12.1 Å². The van der Waals surface area contributed by atoms with Gasteiger partial charge in [-0.3, -0.25) is 9.59 Å². The van der Waals surface area contributed by atoms with Crippen molar-refractivity contribution in [2.45, 2.75) is 27.7 Å². The fourth-order valence-electron chi connectivity index (χ4n) is 3.98. The van der Waals surface area contributed by atoms with E-state index in [1.807, 2.05) is 0 Å². The molecule has 0 saturated carbocycles. The Morgan fingerprint density at radius 3 is 1.49 bits per heavy atom. The molecule has 39 heavy (non-hydrogen) atoms. The minimum absolute atomic E-state index is 0.116. The van der Waals surface area contributed by atoms with Gasteiger partial charge in [0.25, 0.3) is 0 Å². The van der Waals surface area contributed by atoms with Crippen molar-refractivity contribution < 1.29 is 47.0 Å². The van der Waals surface area contributed by atoms with Crippen molar-refractivity contribution in [2.24, 2.45) is 0 Å². The Morgan fingerprint density at radius 1 is 0.692 bits per heavy atom. The highest BCUT2D eigenvalue weighted by Crippen LogP contribution is 2.31. The second-order valence-electron chi connectivity index (χ2n) is 8.26. The van der Waals surface area contributed by atoms with Crippen LogP contribution in [0.1, 0.15) is 46.1 Å². The van der Waals surface area contributed by atoms with E-state index < -0.39 is 23.9 Å². The van der Waals surface area contributed by atoms with Crippen LogP contribution in [-0.2, 0) is 19.1 Å². The van der Waals surface area contributed by atoms with Crippen LogP contribution >= 0.6 is 11.8 Å². The van der Waals surface area contributed by atoms with E-state index in [-0.39, 0.29) is 47.3 Å². The molecule has 2 heterocycles. The Labute approximate surface area is 227 Å². The summed E-state index contributed by atoms with van der Waals surface area (Å²) in [5.74, 6) is -1.19. The zero-order valence-electron chi connectivity index (χ0n) is 21.8. The summed E-state index contributed by atoms with van der Waals surface area (Å²) in [7, 11) is 0. The summed E-state index contributed by atoms with van der Waals surface area (Å²) < 4.78 is 32.1. The van der Waals surface area contributed by atoms with Crippen molar-refractivity contribution in [3.63, 3.8) is 0 Å². The smallest absolute Gasteiger partial charge is 0.342 e. The summed E-state index contributed by atoms with van der Waals surface area (Å²) in [4.78, 5) is 49.3. The van der Waals surface area contributed by atoms with Crippen molar-refractivity contribution in [3.8, 4) is 11.5 Å². The maximum atomic E-state index is 12.4. The maximum absolute atomic E-state index is 12.4. The molecule has 204 valence electrons. The Hall–Kier alpha value is -4.25. The normalized spacial score (nSPS) is 11.0. The second-order valence-corrected chi connectivity index (χ2v) is 9.25. The first-order valence-corrected chi connectivity index (χ1v) is 13.3. The maximum Gasteiger partial charge on any atom is 0.342 e. The minimum atomic E-state index is -0.584. The Morgan fingerprint density at radius 2 is 1.10 bits per heavy atom. The van der Waals surface area contributed by atoms with E-state index in [4.69, 9.17) is 27.8 Å². The van der Waals surface area contributed by atoms with Gasteiger partial charge in [0.2, 0.25) is 0 Å². The van der Waals surface area contributed by atoms with E-state index in [0.29, 0.717) is 33.5 Å². The average molecular weight is 555 g/mol. The molecule has 0 saturated heterocycles. The number of hydrogen-bond donors (Lipinski definition) is 0. The highest BCUT2D eigenvalue weighted by atomic mass is 32.2. The minimum Gasteiger partial charge on any atom is -0.462 e. The summed E-state index contributed by atoms with van der Waals surface area (Å²) in [5, 5.41) is 0.951. The van der Waals surface area contributed by atoms with E-state index in [1.54, 1.807) is 52.0 Å². The Bertz CT molecular complexity index is 1450. The molecule has 0 aliphatic carbocycles. The Balaban J connectivity index is 1.33. The molecular formula is C28H26O10S. The predicted octanol–water partition coefficient (Wildman–Crippen LogP) is 5.39. The molecule has 0 fully saturated rings. The summed E-state index contributed by atoms with van der Waals surface area (Å²) in [6.07, 6.45) is 0. The second kappa shape index (κ2) is 12.1. The molecule has 0 N–H and O–H groups in total. The van der Waals surface area contributed by atoms with Crippen LogP contribution in [0.5, 0.6) is 11.5 Å². The zero-order chi connectivity index (χ0) is 28.1. The van der Waals surface area contributed by atoms with Crippen molar-refractivity contribution >= 4 is 57.6 Å². The number of fused-ring (bicyclic) bond motifs is 2. The van der Waals surface area contributed by atoms with E-state index in [9.17, 15) is 19.2 Å². The lowest BCUT2D eigenvalue weighted by Gasteiger charge is -2.06. The first-order valence-electron chi connectivity index (χ1n) is 12.1. The summed E-state index contributed by atoms with van der Waals surface area (Å²) in [5.41, 5.74) is 1.48. The van der Waals surface area contributed by atoms with Gasteiger partial charge in [-0.05, 0) is 64.1 Å². The van der Waals surface area contributed by atoms with Crippen molar-refractivity contribution in [3.05, 3.63) is 59.0 Å². The van der Waals surface area contributed by atoms with Crippen LogP contribution in [0.25, 0.3) is 21.9 Å². The highest BCUT2D eigenvalue weighted by Gasteiger charge is 2.22. The number of thioether (sulfide) groups is 1. The third-order valence-corrected chi connectivity index (χ3v) is 6.41. The largest absolute Gasteiger partial charge is 0.462 e. The fraction of sp³-hybridized carbons (Fsp3) is 0.286. The van der Waals surface area contributed by atoms with Gasteiger partial charge in [-0.1, -0.05) is 0 Å². The summed E-state index contributed by atoms with van der Waals surface area (Å²) >= 11 is 1.02. The molecule has 0 bridgehead atoms. The molecule has 2 aromatic carbocycles. The van der Waals surface area contributed by atoms with E-state index in [2.05, 4.69) is 0 Å². The fourth-order valence-corrected chi connectivity index (χ4v) is 4.53. The lowest BCUT2D eigenvalue weighted by atomic mass is 10.1. The summed E-state index contributed by atoms with van der Waals surface area (Å²) in [6, 6.07) is 9.37. The number of hydrogen-bond acceptors (Lipinski definition) is 11. The van der Waals surface area contributed by atoms with Crippen LogP contribution in [0.4, 0.5) is 0 Å². The lowest BCUT2D eigenvalue weighted by Crippen LogP contribution is -2.15. The quantitative estimate of drug-likeness (QED) is 0.184. The molecule has 4 rings (SSSR count). The average Bonchev–Trinajstić information content (AvgIpc) is 3.38. The third-order valence-electron chi connectivity index (χ3n) is 5.53. The molecule has 4 aromatic rings. The molecule has 0 aliphatic rings. The van der Waals surface area contributed by atoms with Crippen LogP contribution < -0.4 is 9.47 Å². The number of aryl methyl sites for hydroxylation is 2. The van der Waals surface area contributed by atoms with Crippen LogP contribution in [0.2, 0.25) is 0 Å². The van der Waals surface area contributed by atoms with Gasteiger partial charge in [0, 0.05) is 10.8 Å². The first-order chi connectivity index (χ1) is 18.7. The van der Waals surface area contributed by atoms with Gasteiger partial charge in [-0.25, -0.2) is 9.59 Å². The third kappa shape index (κ3) is 6.26. The molecule has 0 amide bonds. The number of carbonyl (C=O) groups excluding carboxylic acids is 4. The van der Waals surface area contributed by atoms with Gasteiger partial charge in [0.1, 0.15) is 45.3 Å². The molecular weight excluding hydrogens is 528 g/mol. The molecule has 11 heteroatoms. The number of esters is 4. The molecule has 0 spiro atoms. The molecule has 0 atom stereocenters. The first kappa shape index (κ1) is 27.8. The zero-order valence-corrected chi connectivity index (χ0v) is 22.6. The van der Waals surface area contributed by atoms with E-state index >= 15 is 0 Å². The molecule has 0 aliphatic heterocycles. The number of rotatable bonds is 10. The van der Waals surface area contributed by atoms with Crippen molar-refractivity contribution in [1.29, 1.82) is 0 Å². The van der Waals surface area contributed by atoms with Gasteiger partial charge < -0.3 is 27.8 Å². The topological polar surface area (TPSA) is 131 Å². The molecule has 10 nitrogen and oxygen atoms in total. The lowest BCUT2D eigenvalue weighted by molar-refractivity contribution is -0.131. The monoisotopic (exact) mass is 554 g/mol. The molecule has 0 radical (unpaired) electrons. The van der Waals surface area contributed by atoms with Gasteiger partial charge in [0.05, 0.1) is 24.7 Å². The van der Waals surface area contributed by atoms with Gasteiger partial charge in [0.15, 0.2) is 0 Å². The van der Waals surface area contributed by atoms with Crippen LogP contribution in [0.15, 0.2) is 45.2 Å². The van der Waals surface area contributed by atoms with E-state index in [0.717, 1.165) is 11.8 Å².